The van der Waals surface area contributed by atoms with Crippen LogP contribution in [0.3, 0.4) is 0 Å². The van der Waals surface area contributed by atoms with Gasteiger partial charge in [0.1, 0.15) is 0 Å². The third kappa shape index (κ3) is 2.10. The summed E-state index contributed by atoms with van der Waals surface area (Å²) >= 11 is 0. The molecular formula is C16H28N2O. The van der Waals surface area contributed by atoms with E-state index in [0.717, 1.165) is 31.8 Å². The SMILES string of the molecule is CC12CCC(C1)C(C)(C)C2NC(=O)C1CCNCC1. The largest absolute Gasteiger partial charge is 0.352 e. The van der Waals surface area contributed by atoms with Crippen molar-refractivity contribution in [3.63, 3.8) is 0 Å². The summed E-state index contributed by atoms with van der Waals surface area (Å²) in [5.41, 5.74) is 0.617. The molecule has 1 aliphatic heterocycles. The molecule has 3 heteroatoms. The highest BCUT2D eigenvalue weighted by Gasteiger charge is 2.59. The van der Waals surface area contributed by atoms with Crippen LogP contribution in [0.25, 0.3) is 0 Å². The number of carbonyl (C=O) groups is 1. The minimum Gasteiger partial charge on any atom is -0.352 e. The Hall–Kier alpha value is -0.570. The summed E-state index contributed by atoms with van der Waals surface area (Å²) in [6, 6.07) is 0.376. The van der Waals surface area contributed by atoms with Gasteiger partial charge in [-0.25, -0.2) is 0 Å². The van der Waals surface area contributed by atoms with E-state index >= 15 is 0 Å². The zero-order chi connectivity index (χ0) is 13.7. The lowest BCUT2D eigenvalue weighted by molar-refractivity contribution is -0.128. The molecule has 0 spiro atoms. The number of fused-ring (bicyclic) bond motifs is 2. The van der Waals surface area contributed by atoms with Crippen molar-refractivity contribution in [1.29, 1.82) is 0 Å². The highest BCUT2D eigenvalue weighted by Crippen LogP contribution is 2.62. The van der Waals surface area contributed by atoms with Gasteiger partial charge in [0, 0.05) is 12.0 Å². The maximum Gasteiger partial charge on any atom is 0.223 e. The summed E-state index contributed by atoms with van der Waals surface area (Å²) in [6.07, 6.45) is 5.94. The predicted octanol–water partition coefficient (Wildman–Crippen LogP) is 2.32. The van der Waals surface area contributed by atoms with Gasteiger partial charge in [0.05, 0.1) is 0 Å². The van der Waals surface area contributed by atoms with Crippen molar-refractivity contribution >= 4 is 5.91 Å². The lowest BCUT2D eigenvalue weighted by Gasteiger charge is -2.43. The molecule has 2 bridgehead atoms. The van der Waals surface area contributed by atoms with Crippen LogP contribution < -0.4 is 10.6 Å². The van der Waals surface area contributed by atoms with Crippen molar-refractivity contribution in [2.75, 3.05) is 13.1 Å². The number of rotatable bonds is 2. The molecule has 2 aliphatic carbocycles. The number of carbonyl (C=O) groups excluding carboxylic acids is 1. The topological polar surface area (TPSA) is 41.1 Å². The van der Waals surface area contributed by atoms with Gasteiger partial charge in [-0.1, -0.05) is 20.8 Å². The number of hydrogen-bond acceptors (Lipinski definition) is 2. The summed E-state index contributed by atoms with van der Waals surface area (Å²) in [5.74, 6) is 1.35. The van der Waals surface area contributed by atoms with Gasteiger partial charge in [-0.2, -0.15) is 0 Å². The maximum atomic E-state index is 12.5. The molecule has 3 aliphatic rings. The van der Waals surface area contributed by atoms with Crippen LogP contribution in [0, 0.1) is 22.7 Å². The Labute approximate surface area is 116 Å². The smallest absolute Gasteiger partial charge is 0.223 e. The van der Waals surface area contributed by atoms with Crippen molar-refractivity contribution in [2.45, 2.75) is 58.9 Å². The number of nitrogens with one attached hydrogen (secondary N) is 2. The molecule has 0 aromatic carbocycles. The second-order valence-corrected chi connectivity index (χ2v) is 7.88. The molecule has 3 fully saturated rings. The van der Waals surface area contributed by atoms with E-state index < -0.39 is 0 Å². The molecule has 3 atom stereocenters. The monoisotopic (exact) mass is 264 g/mol. The zero-order valence-electron chi connectivity index (χ0n) is 12.6. The second-order valence-electron chi connectivity index (χ2n) is 7.88. The van der Waals surface area contributed by atoms with E-state index in [1.54, 1.807) is 0 Å². The van der Waals surface area contributed by atoms with Gasteiger partial charge < -0.3 is 10.6 Å². The summed E-state index contributed by atoms with van der Waals surface area (Å²) in [6.45, 7) is 9.08. The van der Waals surface area contributed by atoms with Gasteiger partial charge in [-0.3, -0.25) is 4.79 Å². The van der Waals surface area contributed by atoms with Gasteiger partial charge in [0.15, 0.2) is 0 Å². The summed E-state index contributed by atoms with van der Waals surface area (Å²) in [4.78, 5) is 12.5. The molecule has 3 nitrogen and oxygen atoms in total. The molecule has 1 saturated heterocycles. The van der Waals surface area contributed by atoms with Crippen LogP contribution in [-0.2, 0) is 4.79 Å². The Morgan fingerprint density at radius 2 is 1.84 bits per heavy atom. The van der Waals surface area contributed by atoms with Crippen molar-refractivity contribution in [1.82, 2.24) is 10.6 Å². The van der Waals surface area contributed by atoms with Crippen LogP contribution >= 0.6 is 0 Å². The maximum absolute atomic E-state index is 12.5. The molecule has 0 aromatic heterocycles. The van der Waals surface area contributed by atoms with Gasteiger partial charge >= 0.3 is 0 Å². The zero-order valence-corrected chi connectivity index (χ0v) is 12.6. The van der Waals surface area contributed by atoms with Crippen molar-refractivity contribution < 1.29 is 4.79 Å². The van der Waals surface area contributed by atoms with Gasteiger partial charge in [0.2, 0.25) is 5.91 Å². The van der Waals surface area contributed by atoms with E-state index in [1.807, 2.05) is 0 Å². The first-order valence-electron chi connectivity index (χ1n) is 7.94. The first-order chi connectivity index (χ1) is 8.93. The van der Waals surface area contributed by atoms with Crippen LogP contribution in [0.15, 0.2) is 0 Å². The highest BCUT2D eigenvalue weighted by molar-refractivity contribution is 5.79. The van der Waals surface area contributed by atoms with Crippen molar-refractivity contribution in [3.8, 4) is 0 Å². The Balaban J connectivity index is 1.70. The standard InChI is InChI=1S/C16H28N2O/c1-15(2)12-4-7-16(3,10-12)14(15)18-13(19)11-5-8-17-9-6-11/h11-12,14,17H,4-10H2,1-3H3,(H,18,19). The van der Waals surface area contributed by atoms with E-state index in [9.17, 15) is 4.79 Å². The average Bonchev–Trinajstić information content (AvgIpc) is 2.87. The molecule has 108 valence electrons. The minimum atomic E-state index is 0.236. The fourth-order valence-corrected chi connectivity index (χ4v) is 5.01. The molecule has 0 radical (unpaired) electrons. The van der Waals surface area contributed by atoms with E-state index in [2.05, 4.69) is 31.4 Å². The lowest BCUT2D eigenvalue weighted by atomic mass is 9.68. The average molecular weight is 264 g/mol. The van der Waals surface area contributed by atoms with Crippen LogP contribution in [0.2, 0.25) is 0 Å². The van der Waals surface area contributed by atoms with Crippen LogP contribution in [-0.4, -0.2) is 25.0 Å². The lowest BCUT2D eigenvalue weighted by Crippen LogP contribution is -2.54. The summed E-state index contributed by atoms with van der Waals surface area (Å²) < 4.78 is 0. The normalized spacial score (nSPS) is 41.4. The molecule has 2 saturated carbocycles. The van der Waals surface area contributed by atoms with E-state index in [0.29, 0.717) is 17.4 Å². The number of piperidine rings is 1. The van der Waals surface area contributed by atoms with Crippen LogP contribution in [0.4, 0.5) is 0 Å². The van der Waals surface area contributed by atoms with Crippen molar-refractivity contribution in [3.05, 3.63) is 0 Å². The summed E-state index contributed by atoms with van der Waals surface area (Å²) in [7, 11) is 0. The molecule has 0 aromatic rings. The number of amides is 1. The molecule has 2 N–H and O–H groups in total. The van der Waals surface area contributed by atoms with Crippen LogP contribution in [0.1, 0.15) is 52.9 Å². The third-order valence-electron chi connectivity index (χ3n) is 6.27. The Morgan fingerprint density at radius 3 is 2.42 bits per heavy atom. The highest BCUT2D eigenvalue weighted by atomic mass is 16.2. The fraction of sp³-hybridized carbons (Fsp3) is 0.938. The van der Waals surface area contributed by atoms with E-state index in [1.165, 1.54) is 19.3 Å². The van der Waals surface area contributed by atoms with E-state index in [4.69, 9.17) is 0 Å². The Morgan fingerprint density at radius 1 is 1.16 bits per heavy atom. The fourth-order valence-electron chi connectivity index (χ4n) is 5.01. The van der Waals surface area contributed by atoms with E-state index in [-0.39, 0.29) is 11.3 Å². The second kappa shape index (κ2) is 4.47. The Bertz CT molecular complexity index is 368. The Kier molecular flexibility index (Phi) is 3.16. The minimum absolute atomic E-state index is 0.236. The molecule has 19 heavy (non-hydrogen) atoms. The molecule has 3 unspecified atom stereocenters. The molecular weight excluding hydrogens is 236 g/mol. The van der Waals surface area contributed by atoms with Gasteiger partial charge in [-0.15, -0.1) is 0 Å². The van der Waals surface area contributed by atoms with Crippen molar-refractivity contribution in [2.24, 2.45) is 22.7 Å². The quantitative estimate of drug-likeness (QED) is 0.803. The molecule has 3 rings (SSSR count). The predicted molar refractivity (Wildman–Crippen MR) is 76.8 cm³/mol. The summed E-state index contributed by atoms with van der Waals surface area (Å²) in [5, 5.41) is 6.78. The number of hydrogen-bond donors (Lipinski definition) is 2. The van der Waals surface area contributed by atoms with Gasteiger partial charge in [0.25, 0.3) is 0 Å². The molecule has 1 heterocycles. The molecule has 1 amide bonds. The van der Waals surface area contributed by atoms with Gasteiger partial charge in [-0.05, 0) is 61.9 Å². The third-order valence-corrected chi connectivity index (χ3v) is 6.27. The first-order valence-corrected chi connectivity index (χ1v) is 7.94. The first kappa shape index (κ1) is 13.4. The van der Waals surface area contributed by atoms with Crippen LogP contribution in [0.5, 0.6) is 0 Å².